The summed E-state index contributed by atoms with van der Waals surface area (Å²) < 4.78 is 100. The lowest BCUT2D eigenvalue weighted by molar-refractivity contribution is -0.138. The Kier molecular flexibility index (Phi) is 12.6. The van der Waals surface area contributed by atoms with Crippen LogP contribution in [-0.2, 0) is 12.4 Å². The van der Waals surface area contributed by atoms with Crippen molar-refractivity contribution in [2.24, 2.45) is 11.5 Å². The lowest BCUT2D eigenvalue weighted by Gasteiger charge is -2.10. The van der Waals surface area contributed by atoms with Gasteiger partial charge in [-0.15, -0.1) is 0 Å². The summed E-state index contributed by atoms with van der Waals surface area (Å²) in [6.07, 6.45) is -9.32. The monoisotopic (exact) mass is 688 g/mol. The molecule has 0 bridgehead atoms. The fourth-order valence-corrected chi connectivity index (χ4v) is 3.51. The normalized spacial score (nSPS) is 10.8. The molecule has 0 saturated carbocycles. The second kappa shape index (κ2) is 15.7. The number of halogens is 9. The Balaban J connectivity index is 0.000000271. The van der Waals surface area contributed by atoms with Crippen molar-refractivity contribution in [2.75, 3.05) is 11.1 Å². The minimum absolute atomic E-state index is 0.0901. The molecular weight excluding hydrogens is 668 g/mol. The van der Waals surface area contributed by atoms with E-state index in [4.69, 9.17) is 28.8 Å². The number of hydrogen-bond donors (Lipinski definition) is 4. The molecule has 0 fully saturated rings. The Morgan fingerprint density at radius 3 is 1.49 bits per heavy atom. The highest BCUT2D eigenvalue weighted by atomic mass is 35.5. The molecule has 0 aromatic heterocycles. The number of hydrogen-bond acceptors (Lipinski definition) is 5. The average molecular weight is 689 g/mol. The Morgan fingerprint density at radius 1 is 0.617 bits per heavy atom. The molecule has 0 heterocycles. The summed E-state index contributed by atoms with van der Waals surface area (Å²) in [6.45, 7) is 0. The summed E-state index contributed by atoms with van der Waals surface area (Å²) in [5.74, 6) is -4.44. The second-order valence-electron chi connectivity index (χ2n) is 9.05. The van der Waals surface area contributed by atoms with Crippen molar-refractivity contribution in [2.45, 2.75) is 12.4 Å². The molecule has 248 valence electrons. The van der Waals surface area contributed by atoms with Crippen LogP contribution in [-0.4, -0.2) is 23.0 Å². The van der Waals surface area contributed by atoms with E-state index < -0.39 is 69.2 Å². The fourth-order valence-electron chi connectivity index (χ4n) is 3.37. The predicted octanol–water partition coefficient (Wildman–Crippen LogP) is 6.79. The fraction of sp³-hybridized carbons (Fsp3) is 0.0667. The standard InChI is InChI=1S/C15H10F4N2O2.C8H3ClF4O.C7H8N2O/c16-12-5-4-9(15(17,18)19)7-11(12)14(23)21-10-3-1-2-8(6-10)13(20)22;9-7(14)5-3-4(8(11,12)13)1-2-6(5)10;8-6-3-1-2-5(4-6)7(9)10/h1-7H,(H2,20,22)(H,21,23);1-3H;1-4H,8H2,(H2,9,10). The Morgan fingerprint density at radius 2 is 1.06 bits per heavy atom. The topological polar surface area (TPSA) is 158 Å². The molecule has 0 aliphatic heterocycles. The summed E-state index contributed by atoms with van der Waals surface area (Å²) in [7, 11) is 0. The van der Waals surface area contributed by atoms with Crippen molar-refractivity contribution in [1.82, 2.24) is 0 Å². The van der Waals surface area contributed by atoms with Gasteiger partial charge in [-0.1, -0.05) is 12.1 Å². The quantitative estimate of drug-likeness (QED) is 0.103. The highest BCUT2D eigenvalue weighted by Crippen LogP contribution is 2.31. The van der Waals surface area contributed by atoms with Crippen LogP contribution in [0.4, 0.5) is 46.5 Å². The van der Waals surface area contributed by atoms with Crippen LogP contribution in [0.3, 0.4) is 0 Å². The zero-order chi connectivity index (χ0) is 35.7. The first-order chi connectivity index (χ1) is 21.7. The van der Waals surface area contributed by atoms with E-state index in [0.29, 0.717) is 47.6 Å². The SMILES string of the molecule is NC(=O)c1cccc(N)c1.NC(=O)c1cccc(NC(=O)c2cc(C(F)(F)F)ccc2F)c1.O=C(Cl)c1cc(C(F)(F)F)ccc1F. The van der Waals surface area contributed by atoms with Gasteiger partial charge in [-0.05, 0) is 84.4 Å². The van der Waals surface area contributed by atoms with E-state index in [1.165, 1.54) is 24.3 Å². The molecule has 3 amide bonds. The molecule has 0 radical (unpaired) electrons. The molecule has 4 aromatic carbocycles. The minimum atomic E-state index is -4.70. The van der Waals surface area contributed by atoms with Crippen molar-refractivity contribution in [1.29, 1.82) is 0 Å². The van der Waals surface area contributed by atoms with Gasteiger partial charge in [0.1, 0.15) is 11.6 Å². The number of nitrogens with two attached hydrogens (primary N) is 3. The van der Waals surface area contributed by atoms with E-state index in [1.807, 2.05) is 0 Å². The highest BCUT2D eigenvalue weighted by Gasteiger charge is 2.32. The highest BCUT2D eigenvalue weighted by molar-refractivity contribution is 6.67. The maximum Gasteiger partial charge on any atom is 0.416 e. The molecule has 0 aliphatic carbocycles. The van der Waals surface area contributed by atoms with Crippen LogP contribution in [0.15, 0.2) is 84.9 Å². The third-order valence-corrected chi connectivity index (χ3v) is 5.82. The van der Waals surface area contributed by atoms with E-state index >= 15 is 0 Å². The van der Waals surface area contributed by atoms with E-state index in [1.54, 1.807) is 24.3 Å². The van der Waals surface area contributed by atoms with Crippen molar-refractivity contribution >= 4 is 45.9 Å². The van der Waals surface area contributed by atoms with Crippen molar-refractivity contribution in [3.8, 4) is 0 Å². The molecule has 7 N–H and O–H groups in total. The van der Waals surface area contributed by atoms with Crippen LogP contribution in [0.1, 0.15) is 52.6 Å². The van der Waals surface area contributed by atoms with Crippen LogP contribution in [0.5, 0.6) is 0 Å². The van der Waals surface area contributed by atoms with Crippen LogP contribution in [0, 0.1) is 11.6 Å². The van der Waals surface area contributed by atoms with Gasteiger partial charge >= 0.3 is 12.4 Å². The minimum Gasteiger partial charge on any atom is -0.399 e. The molecule has 0 saturated heterocycles. The van der Waals surface area contributed by atoms with Gasteiger partial charge < -0.3 is 22.5 Å². The summed E-state index contributed by atoms with van der Waals surface area (Å²) in [6, 6.07) is 15.0. The molecule has 4 rings (SSSR count). The largest absolute Gasteiger partial charge is 0.416 e. The first-order valence-corrected chi connectivity index (χ1v) is 12.9. The maximum absolute atomic E-state index is 13.6. The number of anilines is 2. The Labute approximate surface area is 265 Å². The number of benzene rings is 4. The number of rotatable bonds is 5. The molecule has 17 heteroatoms. The summed E-state index contributed by atoms with van der Waals surface area (Å²) in [5, 5.41) is 0.963. The summed E-state index contributed by atoms with van der Waals surface area (Å²) >= 11 is 4.88. The maximum atomic E-state index is 13.6. The van der Waals surface area contributed by atoms with Crippen LogP contribution < -0.4 is 22.5 Å². The summed E-state index contributed by atoms with van der Waals surface area (Å²) in [4.78, 5) is 44.0. The van der Waals surface area contributed by atoms with E-state index in [2.05, 4.69) is 5.32 Å². The van der Waals surface area contributed by atoms with E-state index in [-0.39, 0.29) is 11.3 Å². The van der Waals surface area contributed by atoms with Gasteiger partial charge in [0.15, 0.2) is 0 Å². The van der Waals surface area contributed by atoms with Crippen molar-refractivity contribution in [3.63, 3.8) is 0 Å². The lowest BCUT2D eigenvalue weighted by atomic mass is 10.1. The molecule has 8 nitrogen and oxygen atoms in total. The van der Waals surface area contributed by atoms with Gasteiger partial charge in [0.2, 0.25) is 11.8 Å². The third-order valence-electron chi connectivity index (χ3n) is 5.62. The number of carbonyl (C=O) groups is 4. The van der Waals surface area contributed by atoms with Gasteiger partial charge in [0.05, 0.1) is 22.3 Å². The second-order valence-corrected chi connectivity index (χ2v) is 9.39. The van der Waals surface area contributed by atoms with Crippen molar-refractivity contribution in [3.05, 3.63) is 130 Å². The van der Waals surface area contributed by atoms with Crippen LogP contribution in [0.25, 0.3) is 0 Å². The molecule has 47 heavy (non-hydrogen) atoms. The molecule has 0 aliphatic rings. The van der Waals surface area contributed by atoms with Crippen LogP contribution in [0.2, 0.25) is 0 Å². The first kappa shape index (κ1) is 37.7. The average Bonchev–Trinajstić information content (AvgIpc) is 2.97. The smallest absolute Gasteiger partial charge is 0.399 e. The van der Waals surface area contributed by atoms with Gasteiger partial charge in [-0.25, -0.2) is 8.78 Å². The number of nitrogen functional groups attached to an aromatic ring is 1. The zero-order valence-electron chi connectivity index (χ0n) is 23.3. The molecular formula is C30H21ClF8N4O4. The molecule has 0 atom stereocenters. The van der Waals surface area contributed by atoms with Crippen molar-refractivity contribution < 1.29 is 54.3 Å². The number of nitrogens with one attached hydrogen (secondary N) is 1. The van der Waals surface area contributed by atoms with Gasteiger partial charge in [0, 0.05) is 22.5 Å². The number of primary amides is 2. The van der Waals surface area contributed by atoms with Gasteiger partial charge in [0.25, 0.3) is 11.1 Å². The van der Waals surface area contributed by atoms with E-state index in [0.717, 1.165) is 0 Å². The van der Waals surface area contributed by atoms with E-state index in [9.17, 15) is 54.3 Å². The number of alkyl halides is 6. The number of carbonyl (C=O) groups excluding carboxylic acids is 4. The molecule has 0 spiro atoms. The van der Waals surface area contributed by atoms with Crippen LogP contribution >= 0.6 is 11.6 Å². The zero-order valence-corrected chi connectivity index (χ0v) is 24.1. The Hall–Kier alpha value is -5.51. The molecule has 4 aromatic rings. The summed E-state index contributed by atoms with van der Waals surface area (Å²) in [5.41, 5.74) is 12.9. The lowest BCUT2D eigenvalue weighted by Crippen LogP contribution is -2.17. The van der Waals surface area contributed by atoms with Gasteiger partial charge in [-0.3, -0.25) is 19.2 Å². The predicted molar refractivity (Wildman–Crippen MR) is 155 cm³/mol. The first-order valence-electron chi connectivity index (χ1n) is 12.5. The van der Waals surface area contributed by atoms with Gasteiger partial charge in [-0.2, -0.15) is 26.3 Å². The third kappa shape index (κ3) is 11.4. The number of amides is 3. The Bertz CT molecular complexity index is 1800. The molecule has 0 unspecified atom stereocenters.